The van der Waals surface area contributed by atoms with Gasteiger partial charge in [-0.15, -0.1) is 0 Å². The molecule has 0 aliphatic rings. The lowest BCUT2D eigenvalue weighted by molar-refractivity contribution is 0.622. The van der Waals surface area contributed by atoms with Gasteiger partial charge in [0.05, 0.1) is 0 Å². The summed E-state index contributed by atoms with van der Waals surface area (Å²) in [6, 6.07) is 0. The molecule has 10 heteroatoms. The number of nitrogens with one attached hydrogen (secondary N) is 3. The van der Waals surface area contributed by atoms with Crippen LogP contribution in [-0.2, 0) is 10.3 Å². The van der Waals surface area contributed by atoms with E-state index in [1.807, 2.05) is 4.98 Å². The van der Waals surface area contributed by atoms with Gasteiger partial charge >= 0.3 is 5.69 Å². The number of aromatic amines is 3. The molecule has 0 aliphatic carbocycles. The van der Waals surface area contributed by atoms with E-state index in [2.05, 4.69) is 20.2 Å². The molecule has 0 aliphatic heterocycles. The summed E-state index contributed by atoms with van der Waals surface area (Å²) in [5.74, 6) is 0. The molecule has 2 heterocycles. The van der Waals surface area contributed by atoms with Crippen LogP contribution in [0.15, 0.2) is 9.59 Å². The quantitative estimate of drug-likeness (QED) is 0.435. The van der Waals surface area contributed by atoms with Crippen LogP contribution in [0.25, 0.3) is 11.2 Å². The van der Waals surface area contributed by atoms with Gasteiger partial charge in [0, 0.05) is 0 Å². The van der Waals surface area contributed by atoms with Gasteiger partial charge in [0.2, 0.25) is 0 Å². The van der Waals surface area contributed by atoms with E-state index >= 15 is 0 Å². The molecular formula is C5H3N5O4S. The van der Waals surface area contributed by atoms with Crippen LogP contribution >= 0.6 is 0 Å². The highest BCUT2D eigenvalue weighted by atomic mass is 32.2. The standard InChI is InChI=1S/C5H3N5O4S/c11-3-1-2(6-4(12)8-3)7-5(10-9-1)15(13)14/h10H,(H2,6,7,8,11,12). The molecule has 78 valence electrons. The van der Waals surface area contributed by atoms with Gasteiger partial charge in [-0.05, 0) is 0 Å². The van der Waals surface area contributed by atoms with E-state index in [-0.39, 0.29) is 11.2 Å². The third-order valence-electron chi connectivity index (χ3n) is 1.53. The number of fused-ring (bicyclic) bond motifs is 1. The van der Waals surface area contributed by atoms with E-state index in [1.165, 1.54) is 0 Å². The summed E-state index contributed by atoms with van der Waals surface area (Å²) >= 11 is 0. The third kappa shape index (κ3) is 1.57. The first-order chi connectivity index (χ1) is 7.08. The predicted molar refractivity (Wildman–Crippen MR) is 47.3 cm³/mol. The Morgan fingerprint density at radius 1 is 1.13 bits per heavy atom. The molecule has 9 nitrogen and oxygen atoms in total. The van der Waals surface area contributed by atoms with Crippen LogP contribution in [0, 0.1) is 4.77 Å². The van der Waals surface area contributed by atoms with Gasteiger partial charge in [-0.25, -0.2) is 9.89 Å². The molecule has 0 fully saturated rings. The second-order valence-electron chi connectivity index (χ2n) is 2.48. The summed E-state index contributed by atoms with van der Waals surface area (Å²) < 4.78 is 20.5. The second kappa shape index (κ2) is 3.16. The van der Waals surface area contributed by atoms with Gasteiger partial charge < -0.3 is 0 Å². The van der Waals surface area contributed by atoms with E-state index in [9.17, 15) is 18.0 Å². The van der Waals surface area contributed by atoms with Crippen molar-refractivity contribution in [2.24, 2.45) is 0 Å². The second-order valence-corrected chi connectivity index (χ2v) is 3.34. The summed E-state index contributed by atoms with van der Waals surface area (Å²) in [5, 5.41) is 5.50. The number of H-pyrrole nitrogens is 3. The molecular weight excluding hydrogens is 226 g/mol. The minimum absolute atomic E-state index is 0.177. The van der Waals surface area contributed by atoms with Crippen molar-refractivity contribution in [1.29, 1.82) is 0 Å². The van der Waals surface area contributed by atoms with Crippen molar-refractivity contribution in [1.82, 2.24) is 25.1 Å². The Bertz CT molecular complexity index is 801. The number of rotatable bonds is 0. The Labute approximate surface area is 81.4 Å². The first kappa shape index (κ1) is 9.33. The van der Waals surface area contributed by atoms with Crippen LogP contribution in [0.4, 0.5) is 0 Å². The van der Waals surface area contributed by atoms with Gasteiger partial charge in [0.15, 0.2) is 11.2 Å². The number of hydrogen-bond acceptors (Lipinski definition) is 6. The van der Waals surface area contributed by atoms with E-state index in [1.54, 1.807) is 0 Å². The fraction of sp³-hybridized carbons (Fsp3) is 0. The molecule has 2 aromatic heterocycles. The van der Waals surface area contributed by atoms with Crippen molar-refractivity contribution in [3.63, 3.8) is 0 Å². The van der Waals surface area contributed by atoms with Crippen molar-refractivity contribution in [3.8, 4) is 0 Å². The third-order valence-corrected chi connectivity index (χ3v) is 2.03. The summed E-state index contributed by atoms with van der Waals surface area (Å²) in [5.41, 5.74) is -1.90. The Balaban J connectivity index is 3.16. The molecule has 0 unspecified atom stereocenters. The van der Waals surface area contributed by atoms with Crippen LogP contribution < -0.4 is 11.2 Å². The molecule has 2 aromatic rings. The van der Waals surface area contributed by atoms with Gasteiger partial charge in [0.1, 0.15) is 0 Å². The molecule has 0 amide bonds. The zero-order valence-corrected chi connectivity index (χ0v) is 7.75. The lowest BCUT2D eigenvalue weighted by Gasteiger charge is -1.91. The molecule has 3 N–H and O–H groups in total. The Morgan fingerprint density at radius 2 is 1.87 bits per heavy atom. The van der Waals surface area contributed by atoms with Crippen LogP contribution in [0.2, 0.25) is 0 Å². The SMILES string of the molecule is O=c1[nH]c(=O)c2n[nH]c(=S(=O)=O)nc2[nH]1. The van der Waals surface area contributed by atoms with Crippen molar-refractivity contribution in [3.05, 3.63) is 25.6 Å². The summed E-state index contributed by atoms with van der Waals surface area (Å²) in [6.07, 6.45) is 0. The van der Waals surface area contributed by atoms with Gasteiger partial charge in [-0.2, -0.15) is 18.5 Å². The normalized spacial score (nSPS) is 10.4. The van der Waals surface area contributed by atoms with Crippen molar-refractivity contribution < 1.29 is 8.42 Å². The Morgan fingerprint density at radius 3 is 2.53 bits per heavy atom. The molecule has 15 heavy (non-hydrogen) atoms. The average molecular weight is 229 g/mol. The van der Waals surface area contributed by atoms with Crippen LogP contribution in [-0.4, -0.2) is 33.6 Å². The maximum Gasteiger partial charge on any atom is 0.327 e. The smallest absolute Gasteiger partial charge is 0.290 e. The van der Waals surface area contributed by atoms with Gasteiger partial charge in [-0.3, -0.25) is 14.8 Å². The van der Waals surface area contributed by atoms with Gasteiger partial charge in [-0.1, -0.05) is 0 Å². The molecule has 0 saturated heterocycles. The first-order valence-electron chi connectivity index (χ1n) is 3.59. The minimum Gasteiger partial charge on any atom is -0.290 e. The van der Waals surface area contributed by atoms with Gasteiger partial charge in [0.25, 0.3) is 20.6 Å². The zero-order valence-electron chi connectivity index (χ0n) is 6.94. The molecule has 0 atom stereocenters. The van der Waals surface area contributed by atoms with E-state index in [4.69, 9.17) is 0 Å². The molecule has 0 spiro atoms. The molecule has 0 aromatic carbocycles. The molecule has 0 saturated carbocycles. The largest absolute Gasteiger partial charge is 0.327 e. The Hall–Kier alpha value is -2.23. The molecule has 2 rings (SSSR count). The fourth-order valence-electron chi connectivity index (χ4n) is 0.957. The maximum atomic E-state index is 11.1. The van der Waals surface area contributed by atoms with Crippen molar-refractivity contribution in [2.75, 3.05) is 0 Å². The molecule has 0 bridgehead atoms. The minimum atomic E-state index is -2.61. The number of hydrogen-bond donors (Lipinski definition) is 3. The number of aromatic nitrogens is 5. The molecule has 0 radical (unpaired) electrons. The van der Waals surface area contributed by atoms with E-state index < -0.39 is 26.3 Å². The van der Waals surface area contributed by atoms with E-state index in [0.717, 1.165) is 0 Å². The van der Waals surface area contributed by atoms with Crippen LogP contribution in [0.3, 0.4) is 0 Å². The predicted octanol–water partition coefficient (Wildman–Crippen LogP) is -2.25. The zero-order chi connectivity index (χ0) is 11.0. The summed E-state index contributed by atoms with van der Waals surface area (Å²) in [7, 11) is -2.61. The lowest BCUT2D eigenvalue weighted by atomic mass is 10.5. The maximum absolute atomic E-state index is 11.1. The Kier molecular flexibility index (Phi) is 1.97. The average Bonchev–Trinajstić information content (AvgIpc) is 2.16. The summed E-state index contributed by atoms with van der Waals surface area (Å²) in [6.45, 7) is 0. The van der Waals surface area contributed by atoms with Crippen molar-refractivity contribution >= 4 is 21.5 Å². The summed E-state index contributed by atoms with van der Waals surface area (Å²) in [4.78, 5) is 29.5. The highest BCUT2D eigenvalue weighted by Gasteiger charge is 2.02. The van der Waals surface area contributed by atoms with Crippen LogP contribution in [0.5, 0.6) is 0 Å². The van der Waals surface area contributed by atoms with Crippen LogP contribution in [0.1, 0.15) is 0 Å². The highest BCUT2D eigenvalue weighted by Crippen LogP contribution is 1.91. The number of nitrogens with zero attached hydrogens (tertiary/aromatic N) is 2. The fourth-order valence-corrected chi connectivity index (χ4v) is 1.24. The highest BCUT2D eigenvalue weighted by molar-refractivity contribution is 7.63. The monoisotopic (exact) mass is 229 g/mol. The van der Waals surface area contributed by atoms with E-state index in [0.29, 0.717) is 0 Å². The van der Waals surface area contributed by atoms with Crippen molar-refractivity contribution in [2.45, 2.75) is 0 Å². The first-order valence-corrected chi connectivity index (χ1v) is 4.67. The lowest BCUT2D eigenvalue weighted by Crippen LogP contribution is -2.23. The topological polar surface area (TPSA) is 141 Å².